The molecule has 0 saturated carbocycles. The number of rotatable bonds is 16. The molecular weight excluding hydrogens is 672 g/mol. The Kier molecular flexibility index (Phi) is 13.0. The minimum Gasteiger partial charge on any atom is -0.497 e. The number of aliphatic hydroxyl groups excluding tert-OH is 1. The Morgan fingerprint density at radius 2 is 1.76 bits per heavy atom. The minimum absolute atomic E-state index is 0.0164. The van der Waals surface area contributed by atoms with Crippen molar-refractivity contribution in [3.05, 3.63) is 90.0 Å². The molecule has 1 saturated heterocycles. The Balaban J connectivity index is 1.56. The van der Waals surface area contributed by atoms with Gasteiger partial charge in [-0.3, -0.25) is 14.5 Å². The van der Waals surface area contributed by atoms with Gasteiger partial charge in [-0.2, -0.15) is 4.31 Å². The van der Waals surface area contributed by atoms with Crippen LogP contribution in [0.5, 0.6) is 5.75 Å². The number of cyclic esters (lactones) is 1. The van der Waals surface area contributed by atoms with E-state index in [9.17, 15) is 27.9 Å². The number of nitrogens with one attached hydrogen (secondary N) is 2. The van der Waals surface area contributed by atoms with Crippen molar-refractivity contribution in [1.82, 2.24) is 14.9 Å². The number of halogens is 1. The van der Waals surface area contributed by atoms with Crippen LogP contribution in [0.4, 0.5) is 10.5 Å². The fraction of sp³-hybridized carbons (Fsp3) is 0.400. The summed E-state index contributed by atoms with van der Waals surface area (Å²) < 4.78 is 39.7. The van der Waals surface area contributed by atoms with Crippen LogP contribution in [0, 0.1) is 5.92 Å². The lowest BCUT2D eigenvalue weighted by Crippen LogP contribution is -2.53. The predicted molar refractivity (Wildman–Crippen MR) is 186 cm³/mol. The largest absolute Gasteiger partial charge is 0.497 e. The van der Waals surface area contributed by atoms with Crippen molar-refractivity contribution in [3.63, 3.8) is 0 Å². The fourth-order valence-corrected chi connectivity index (χ4v) is 7.02. The van der Waals surface area contributed by atoms with Crippen LogP contribution in [0.2, 0.25) is 0 Å². The molecule has 3 amide bonds. The Bertz CT molecular complexity index is 1710. The van der Waals surface area contributed by atoms with Gasteiger partial charge in [0.2, 0.25) is 10.0 Å². The standard InChI is InChI=1S/C35H43ClN4O8S/c1-5-23(2)20-39(49(45,46)29-16-10-15-28(19-29)47-4)21-31(41)30(17-25-11-7-6-8-12-25)38-34(43)32-22-40(35(44)48-32)27-14-9-13-26(18-27)33(42)37-24(3)36/h6-16,18-19,23-24,30-32,41H,5,17,20-22H2,1-4H3,(H,37,42)(H,38,43)/t23-,24?,30?,31-,32+/m1/s1. The molecule has 49 heavy (non-hydrogen) atoms. The van der Waals surface area contributed by atoms with Gasteiger partial charge in [-0.15, -0.1) is 0 Å². The highest BCUT2D eigenvalue weighted by atomic mass is 35.5. The zero-order valence-electron chi connectivity index (χ0n) is 27.9. The monoisotopic (exact) mass is 714 g/mol. The molecule has 14 heteroatoms. The lowest BCUT2D eigenvalue weighted by atomic mass is 10.0. The molecule has 1 heterocycles. The van der Waals surface area contributed by atoms with Crippen LogP contribution in [0.15, 0.2) is 83.8 Å². The lowest BCUT2D eigenvalue weighted by molar-refractivity contribution is -0.129. The average molecular weight is 715 g/mol. The number of aliphatic hydroxyl groups is 1. The van der Waals surface area contributed by atoms with Gasteiger partial charge in [-0.1, -0.05) is 74.3 Å². The molecule has 0 radical (unpaired) electrons. The third-order valence-corrected chi connectivity index (χ3v) is 10.2. The predicted octanol–water partition coefficient (Wildman–Crippen LogP) is 4.16. The Hall–Kier alpha value is -4.17. The fourth-order valence-electron chi connectivity index (χ4n) is 5.31. The Labute approximate surface area is 292 Å². The van der Waals surface area contributed by atoms with E-state index in [1.54, 1.807) is 37.3 Å². The first-order valence-corrected chi connectivity index (χ1v) is 17.9. The topological polar surface area (TPSA) is 155 Å². The highest BCUT2D eigenvalue weighted by molar-refractivity contribution is 7.89. The second-order valence-corrected chi connectivity index (χ2v) is 14.6. The van der Waals surface area contributed by atoms with E-state index in [0.717, 1.165) is 5.56 Å². The van der Waals surface area contributed by atoms with E-state index < -0.39 is 51.7 Å². The number of carbonyl (C=O) groups excluding carboxylic acids is 3. The summed E-state index contributed by atoms with van der Waals surface area (Å²) in [5, 5.41) is 17.0. The number of sulfonamides is 1. The molecule has 12 nitrogen and oxygen atoms in total. The molecule has 1 aliphatic rings. The van der Waals surface area contributed by atoms with E-state index in [0.29, 0.717) is 17.9 Å². The third kappa shape index (κ3) is 9.94. The van der Waals surface area contributed by atoms with Gasteiger partial charge in [0.05, 0.1) is 30.7 Å². The summed E-state index contributed by atoms with van der Waals surface area (Å²) in [6.45, 7) is 5.15. The number of hydrogen-bond donors (Lipinski definition) is 3. The Morgan fingerprint density at radius 1 is 1.04 bits per heavy atom. The van der Waals surface area contributed by atoms with Crippen molar-refractivity contribution in [1.29, 1.82) is 0 Å². The maximum absolute atomic E-state index is 13.9. The third-order valence-electron chi connectivity index (χ3n) is 8.23. The summed E-state index contributed by atoms with van der Waals surface area (Å²) in [5.74, 6) is -0.745. The number of alkyl halides is 1. The second kappa shape index (κ2) is 17.0. The molecular formula is C35H43ClN4O8S. The highest BCUT2D eigenvalue weighted by Gasteiger charge is 2.39. The van der Waals surface area contributed by atoms with E-state index in [4.69, 9.17) is 21.1 Å². The molecule has 0 spiro atoms. The van der Waals surface area contributed by atoms with Gasteiger partial charge in [0.25, 0.3) is 11.8 Å². The maximum atomic E-state index is 13.9. The van der Waals surface area contributed by atoms with Gasteiger partial charge in [0.1, 0.15) is 11.3 Å². The number of carbonyl (C=O) groups is 3. The van der Waals surface area contributed by atoms with Crippen molar-refractivity contribution < 1.29 is 37.4 Å². The molecule has 0 aliphatic carbocycles. The van der Waals surface area contributed by atoms with Crippen molar-refractivity contribution in [2.24, 2.45) is 5.92 Å². The molecule has 0 bridgehead atoms. The summed E-state index contributed by atoms with van der Waals surface area (Å²) in [6.07, 6.45) is -2.50. The molecule has 264 valence electrons. The van der Waals surface area contributed by atoms with Gasteiger partial charge in [0.15, 0.2) is 6.10 Å². The lowest BCUT2D eigenvalue weighted by Gasteiger charge is -2.31. The summed E-state index contributed by atoms with van der Waals surface area (Å²) in [7, 11) is -2.63. The van der Waals surface area contributed by atoms with E-state index in [2.05, 4.69) is 10.6 Å². The smallest absolute Gasteiger partial charge is 0.415 e. The van der Waals surface area contributed by atoms with Crippen LogP contribution in [0.3, 0.4) is 0 Å². The number of methoxy groups -OCH3 is 1. The van der Waals surface area contributed by atoms with Crippen LogP contribution in [-0.4, -0.2) is 86.2 Å². The summed E-state index contributed by atoms with van der Waals surface area (Å²) in [6, 6.07) is 20.6. The molecule has 3 N–H and O–H groups in total. The van der Waals surface area contributed by atoms with E-state index in [1.807, 2.05) is 44.2 Å². The second-order valence-electron chi connectivity index (χ2n) is 12.0. The number of benzene rings is 3. The van der Waals surface area contributed by atoms with Gasteiger partial charge < -0.3 is 25.2 Å². The van der Waals surface area contributed by atoms with Gasteiger partial charge in [0, 0.05) is 30.4 Å². The van der Waals surface area contributed by atoms with Gasteiger partial charge in [-0.05, 0) is 55.2 Å². The first kappa shape index (κ1) is 37.6. The highest BCUT2D eigenvalue weighted by Crippen LogP contribution is 2.25. The first-order valence-electron chi connectivity index (χ1n) is 16.0. The number of hydrogen-bond acceptors (Lipinski definition) is 8. The zero-order chi connectivity index (χ0) is 35.7. The Morgan fingerprint density at radius 3 is 2.43 bits per heavy atom. The van der Waals surface area contributed by atoms with Crippen molar-refractivity contribution in [2.45, 2.75) is 62.3 Å². The number of amides is 3. The normalized spacial score (nSPS) is 17.2. The van der Waals surface area contributed by atoms with Crippen LogP contribution >= 0.6 is 11.6 Å². The summed E-state index contributed by atoms with van der Waals surface area (Å²) in [4.78, 5) is 40.2. The van der Waals surface area contributed by atoms with Crippen molar-refractivity contribution in [3.8, 4) is 5.75 Å². The average Bonchev–Trinajstić information content (AvgIpc) is 3.49. The molecule has 3 aromatic carbocycles. The van der Waals surface area contributed by atoms with E-state index >= 15 is 0 Å². The van der Waals surface area contributed by atoms with Gasteiger partial charge >= 0.3 is 6.09 Å². The number of anilines is 1. The number of nitrogens with zero attached hydrogens (tertiary/aromatic N) is 2. The quantitative estimate of drug-likeness (QED) is 0.148. The molecule has 5 atom stereocenters. The zero-order valence-corrected chi connectivity index (χ0v) is 29.5. The van der Waals surface area contributed by atoms with Crippen LogP contribution in [0.25, 0.3) is 0 Å². The molecule has 1 fully saturated rings. The van der Waals surface area contributed by atoms with Crippen molar-refractivity contribution in [2.75, 3.05) is 31.6 Å². The van der Waals surface area contributed by atoms with Gasteiger partial charge in [-0.25, -0.2) is 13.2 Å². The minimum atomic E-state index is -4.08. The molecule has 1 aliphatic heterocycles. The summed E-state index contributed by atoms with van der Waals surface area (Å²) >= 11 is 5.88. The maximum Gasteiger partial charge on any atom is 0.415 e. The van der Waals surface area contributed by atoms with Crippen molar-refractivity contribution >= 4 is 45.2 Å². The van der Waals surface area contributed by atoms with Crippen LogP contribution < -0.4 is 20.3 Å². The molecule has 4 rings (SSSR count). The molecule has 0 aromatic heterocycles. The van der Waals surface area contributed by atoms with E-state index in [1.165, 1.54) is 34.5 Å². The van der Waals surface area contributed by atoms with Crippen LogP contribution in [0.1, 0.15) is 43.1 Å². The summed E-state index contributed by atoms with van der Waals surface area (Å²) in [5.41, 5.74) is 0.800. The van der Waals surface area contributed by atoms with E-state index in [-0.39, 0.29) is 42.4 Å². The molecule has 3 aromatic rings. The first-order chi connectivity index (χ1) is 23.3. The number of ether oxygens (including phenoxy) is 2. The SMILES string of the molecule is CC[C@@H](C)CN(C[C@@H](O)C(Cc1ccccc1)NC(=O)[C@@H]1CN(c2cccc(C(=O)NC(C)Cl)c2)C(=O)O1)S(=O)(=O)c1cccc(OC)c1. The molecule has 2 unspecified atom stereocenters. The van der Waals surface area contributed by atoms with Crippen LogP contribution in [-0.2, 0) is 26.0 Å².